The van der Waals surface area contributed by atoms with E-state index in [9.17, 15) is 31.1 Å². The molecule has 0 saturated carbocycles. The number of carbonyl (C=O) groups excluding carboxylic acids is 1. The lowest BCUT2D eigenvalue weighted by molar-refractivity contribution is -0.142. The lowest BCUT2D eigenvalue weighted by Crippen LogP contribution is -2.56. The molecule has 4 N–H and O–H groups in total. The maximum absolute atomic E-state index is 13.8. The van der Waals surface area contributed by atoms with Crippen molar-refractivity contribution in [3.8, 4) is 34.5 Å². The standard InChI is InChI=1S/C28H30F3N7O4.C17H17F3N4.C10H15N3O3/c1-16-22-24(35-23(33-16)17-6-4-7-18(12-17)28(29,30)31)38(19-8-5-11-37(22)13-19)26(39)36-25-32-10-9-21(34-25)40-14-20-15-41-27(2,3)42-20;1-10-14-16(22-13-6-3-7-24(14)9-13)23-15(21-10)11-4-2-5-12(8-11)17(18,19)20;1-10(2)15-6-7(16-10)5-14-8-3-4-12-9(11)13-8/h4,6-7,9-10,12,19-20H,5,8,11,13-15H2,1-3H3,(H,32,34,36,39);2,4-5,8,13H,3,6-7,9H2,1H3,(H,21,22,23);3-4,7H,5-6H2,1-2H3,(H2,11,12,13)/t19-,20+;13-;7-/m001/s1. The number of amides is 2. The molecule has 6 aromatic rings. The number of fused-ring (bicyclic) bond motifs is 8. The van der Waals surface area contributed by atoms with Crippen LogP contribution in [0.2, 0.25) is 0 Å². The molecule has 0 spiro atoms. The van der Waals surface area contributed by atoms with Crippen molar-refractivity contribution < 1.29 is 59.6 Å². The van der Waals surface area contributed by atoms with Crippen molar-refractivity contribution in [1.29, 1.82) is 0 Å². The largest absolute Gasteiger partial charge is 0.475 e. The number of hydrogen-bond donors (Lipinski definition) is 3. The number of aromatic nitrogens is 8. The van der Waals surface area contributed by atoms with Gasteiger partial charge >= 0.3 is 18.4 Å². The lowest BCUT2D eigenvalue weighted by atomic mass is 9.99. The van der Waals surface area contributed by atoms with Gasteiger partial charge in [-0.15, -0.1) is 0 Å². The van der Waals surface area contributed by atoms with E-state index < -0.39 is 41.1 Å². The fraction of sp³-hybridized carbons (Fsp3) is 0.473. The van der Waals surface area contributed by atoms with Crippen molar-refractivity contribution >= 4 is 40.9 Å². The number of anilines is 6. The average molecular weight is 1150 g/mol. The van der Waals surface area contributed by atoms with Crippen LogP contribution in [-0.4, -0.2) is 134 Å². The highest BCUT2D eigenvalue weighted by atomic mass is 19.4. The quantitative estimate of drug-likeness (QED) is 0.114. The molecule has 21 nitrogen and oxygen atoms in total. The zero-order chi connectivity index (χ0) is 58.1. The van der Waals surface area contributed by atoms with Gasteiger partial charge in [0.25, 0.3) is 0 Å². The van der Waals surface area contributed by atoms with Gasteiger partial charge in [-0.3, -0.25) is 10.2 Å². The third kappa shape index (κ3) is 13.6. The summed E-state index contributed by atoms with van der Waals surface area (Å²) >= 11 is 0. The third-order valence-electron chi connectivity index (χ3n) is 14.1. The van der Waals surface area contributed by atoms with Crippen molar-refractivity contribution in [2.24, 2.45) is 0 Å². The highest BCUT2D eigenvalue weighted by molar-refractivity contribution is 6.04. The highest BCUT2D eigenvalue weighted by Gasteiger charge is 2.41. The number of aryl methyl sites for hydroxylation is 2. The maximum atomic E-state index is 13.8. The predicted molar refractivity (Wildman–Crippen MR) is 289 cm³/mol. The van der Waals surface area contributed by atoms with Crippen molar-refractivity contribution in [2.45, 2.75) is 115 Å². The van der Waals surface area contributed by atoms with Crippen molar-refractivity contribution in [1.82, 2.24) is 39.9 Å². The van der Waals surface area contributed by atoms with E-state index in [0.717, 1.165) is 86.8 Å². The molecule has 27 heteroatoms. The van der Waals surface area contributed by atoms with Crippen LogP contribution in [0.1, 0.15) is 75.9 Å². The lowest BCUT2D eigenvalue weighted by Gasteiger charge is -2.46. The number of piperidine rings is 2. The summed E-state index contributed by atoms with van der Waals surface area (Å²) in [6.07, 6.45) is -2.43. The molecule has 12 rings (SSSR count). The van der Waals surface area contributed by atoms with E-state index in [1.165, 1.54) is 24.4 Å². The summed E-state index contributed by atoms with van der Waals surface area (Å²) < 4.78 is 113. The van der Waals surface area contributed by atoms with Crippen LogP contribution in [0.4, 0.5) is 66.0 Å². The monoisotopic (exact) mass is 1140 g/mol. The van der Waals surface area contributed by atoms with Crippen LogP contribution < -0.4 is 40.5 Å². The molecule has 82 heavy (non-hydrogen) atoms. The highest BCUT2D eigenvalue weighted by Crippen LogP contribution is 2.42. The van der Waals surface area contributed by atoms with Crippen LogP contribution in [-0.2, 0) is 31.3 Å². The zero-order valence-corrected chi connectivity index (χ0v) is 45.8. The van der Waals surface area contributed by atoms with Gasteiger partial charge < -0.3 is 49.3 Å². The molecule has 6 aliphatic rings. The fourth-order valence-electron chi connectivity index (χ4n) is 10.5. The number of carbonyl (C=O) groups is 1. The molecule has 2 amide bonds. The van der Waals surface area contributed by atoms with E-state index in [0.29, 0.717) is 66.9 Å². The Bertz CT molecular complexity index is 3280. The first-order valence-electron chi connectivity index (χ1n) is 26.7. The van der Waals surface area contributed by atoms with Crippen LogP contribution in [0, 0.1) is 13.8 Å². The topological polar surface area (TPSA) is 235 Å². The molecular formula is C55H62F6N14O7. The van der Waals surface area contributed by atoms with Gasteiger partial charge in [0.2, 0.25) is 23.7 Å². The van der Waals surface area contributed by atoms with Gasteiger partial charge in [0.15, 0.2) is 34.9 Å². The molecule has 436 valence electrons. The molecule has 10 heterocycles. The maximum Gasteiger partial charge on any atom is 0.416 e. The van der Waals surface area contributed by atoms with Crippen LogP contribution in [0.25, 0.3) is 22.8 Å². The van der Waals surface area contributed by atoms with Crippen LogP contribution >= 0.6 is 0 Å². The molecule has 0 radical (unpaired) electrons. The molecule has 4 fully saturated rings. The second-order valence-electron chi connectivity index (χ2n) is 21.3. The minimum absolute atomic E-state index is 0.0325. The predicted octanol–water partition coefficient (Wildman–Crippen LogP) is 9.27. The first kappa shape index (κ1) is 57.5. The summed E-state index contributed by atoms with van der Waals surface area (Å²) in [5, 5.41) is 6.16. The molecule has 4 bridgehead atoms. The number of hydrogen-bond acceptors (Lipinski definition) is 19. The molecule has 4 saturated heterocycles. The smallest absolute Gasteiger partial charge is 0.416 e. The Morgan fingerprint density at radius 1 is 0.707 bits per heavy atom. The molecule has 6 aliphatic heterocycles. The minimum atomic E-state index is -4.51. The number of nitrogens with zero attached hydrogens (tertiary/aromatic N) is 11. The van der Waals surface area contributed by atoms with E-state index in [-0.39, 0.29) is 54.0 Å². The Morgan fingerprint density at radius 3 is 1.83 bits per heavy atom. The summed E-state index contributed by atoms with van der Waals surface area (Å²) in [5.74, 6) is 1.20. The summed E-state index contributed by atoms with van der Waals surface area (Å²) in [6, 6.07) is 12.9. The summed E-state index contributed by atoms with van der Waals surface area (Å²) in [4.78, 5) is 54.0. The summed E-state index contributed by atoms with van der Waals surface area (Å²) in [6.45, 7) is 15.8. The van der Waals surface area contributed by atoms with Crippen LogP contribution in [0.5, 0.6) is 11.8 Å². The number of rotatable bonds is 9. The number of benzene rings is 2. The number of alkyl halides is 6. The van der Waals surface area contributed by atoms with Gasteiger partial charge in [0, 0.05) is 67.9 Å². The van der Waals surface area contributed by atoms with Crippen molar-refractivity contribution in [3.63, 3.8) is 0 Å². The van der Waals surface area contributed by atoms with Crippen LogP contribution in [0.3, 0.4) is 0 Å². The van der Waals surface area contributed by atoms with E-state index in [1.807, 2.05) is 34.6 Å². The number of halogens is 6. The molecule has 4 atom stereocenters. The van der Waals surface area contributed by atoms with E-state index in [1.54, 1.807) is 36.2 Å². The van der Waals surface area contributed by atoms with Gasteiger partial charge in [-0.05, 0) is 91.5 Å². The van der Waals surface area contributed by atoms with Gasteiger partial charge in [0.1, 0.15) is 36.8 Å². The van der Waals surface area contributed by atoms with Gasteiger partial charge in [-0.2, -0.15) is 36.3 Å². The number of ether oxygens (including phenoxy) is 6. The Morgan fingerprint density at radius 2 is 1.26 bits per heavy atom. The first-order chi connectivity index (χ1) is 38.9. The normalized spacial score (nSPS) is 21.1. The Hall–Kier alpha value is -7.75. The Labute approximate surface area is 468 Å². The number of nitrogen functional groups attached to an aromatic ring is 1. The number of nitrogens with two attached hydrogens (primary N) is 1. The van der Waals surface area contributed by atoms with Gasteiger partial charge in [0.05, 0.1) is 41.8 Å². The van der Waals surface area contributed by atoms with Gasteiger partial charge in [-0.1, -0.05) is 24.3 Å². The fourth-order valence-corrected chi connectivity index (χ4v) is 10.5. The van der Waals surface area contributed by atoms with E-state index in [4.69, 9.17) is 34.2 Å². The molecule has 2 aromatic carbocycles. The number of nitrogens with one attached hydrogen (secondary N) is 2. The van der Waals surface area contributed by atoms with Crippen LogP contribution in [0.15, 0.2) is 73.1 Å². The first-order valence-corrected chi connectivity index (χ1v) is 26.7. The Kier molecular flexibility index (Phi) is 16.3. The number of urea groups is 1. The molecule has 0 unspecified atom stereocenters. The summed E-state index contributed by atoms with van der Waals surface area (Å²) in [7, 11) is 0. The molecule has 0 aliphatic carbocycles. The second-order valence-corrected chi connectivity index (χ2v) is 21.3. The van der Waals surface area contributed by atoms with Gasteiger partial charge in [-0.25, -0.2) is 34.7 Å². The van der Waals surface area contributed by atoms with Crippen molar-refractivity contribution in [3.05, 3.63) is 95.6 Å². The summed E-state index contributed by atoms with van der Waals surface area (Å²) in [5.41, 5.74) is 7.53. The SMILES string of the molecule is CC1(C)OC[C@@H](COc2ccnc(N)n2)O1.Cc1nc(-c2cccc(C(F)(F)F)c2)nc2c1N1CCC[C@@H](C1)N2.Cc1nc(-c2cccc(C(F)(F)F)c2)nc2c1N1CCC[C@@H](C1)N2C(=O)Nc1nccc(OC[C@@H]2COC(C)(C)O2)n1. The van der Waals surface area contributed by atoms with E-state index in [2.05, 4.69) is 60.3 Å². The second kappa shape index (κ2) is 23.2. The third-order valence-corrected chi connectivity index (χ3v) is 14.1. The average Bonchev–Trinajstić information content (AvgIpc) is 2.48. The van der Waals surface area contributed by atoms with E-state index >= 15 is 0 Å². The zero-order valence-electron chi connectivity index (χ0n) is 45.8. The minimum Gasteiger partial charge on any atom is -0.475 e. The molecule has 4 aromatic heterocycles. The molecular weight excluding hydrogens is 1080 g/mol. The van der Waals surface area contributed by atoms with Crippen molar-refractivity contribution in [2.75, 3.05) is 83.7 Å². The Balaban J connectivity index is 0.000000157.